The highest BCUT2D eigenvalue weighted by Crippen LogP contribution is 2.45. The van der Waals surface area contributed by atoms with Crippen molar-refractivity contribution in [2.24, 2.45) is 5.92 Å². The van der Waals surface area contributed by atoms with E-state index in [0.717, 1.165) is 95.8 Å². The number of hydrogen-bond donors (Lipinski definition) is 3. The van der Waals surface area contributed by atoms with Crippen LogP contribution in [0.25, 0.3) is 0 Å². The number of phosphoric acid groups is 2. The van der Waals surface area contributed by atoms with E-state index < -0.39 is 97.5 Å². The Kier molecular flexibility index (Phi) is 70.6. The summed E-state index contributed by atoms with van der Waals surface area (Å²) < 4.78 is 68.6. The first kappa shape index (κ1) is 96.1. The van der Waals surface area contributed by atoms with Crippen molar-refractivity contribution in [1.29, 1.82) is 0 Å². The second-order valence-corrected chi connectivity index (χ2v) is 31.8. The van der Waals surface area contributed by atoms with Crippen LogP contribution in [0.4, 0.5) is 0 Å². The first-order chi connectivity index (χ1) is 47.5. The van der Waals surface area contributed by atoms with Gasteiger partial charge in [-0.1, -0.05) is 369 Å². The van der Waals surface area contributed by atoms with Gasteiger partial charge in [0.15, 0.2) is 12.2 Å². The van der Waals surface area contributed by atoms with Crippen molar-refractivity contribution in [1.82, 2.24) is 0 Å². The predicted octanol–water partition coefficient (Wildman–Crippen LogP) is 23.6. The SMILES string of the molecule is CCCCCCCCCCCCCCCCCCCCCC(=O)O[C@H](COC(=O)CCCCCCCCCCCCCCCCCC)COP(=O)(O)OC[C@@H](O)COP(=O)(O)OC[C@@H](COC(=O)CCCCCCCCCCC(C)C)OC(=O)CCCCCCCCCCCCCC. The number of unbranched alkanes of at least 4 members (excludes halogenated alkanes) is 51. The topological polar surface area (TPSA) is 237 Å². The highest BCUT2D eigenvalue weighted by atomic mass is 31.2. The summed E-state index contributed by atoms with van der Waals surface area (Å²) in [5.74, 6) is -1.38. The van der Waals surface area contributed by atoms with Crippen LogP contribution in [0.1, 0.15) is 420 Å². The minimum atomic E-state index is -4.96. The van der Waals surface area contributed by atoms with E-state index in [2.05, 4.69) is 34.6 Å². The standard InChI is InChI=1S/C79H154O17P2/c1-6-9-12-15-18-21-24-27-29-31-32-33-35-37-40-43-50-55-60-65-79(84)95-74(68-89-76(81)62-57-52-47-41-39-36-34-30-28-25-22-19-16-13-10-7-2)70-93-97(85,86)91-66-73(80)67-92-98(87,88)94-71-75(69-90-77(82)63-58-53-48-45-44-46-51-56-61-72(4)5)96-78(83)64-59-54-49-42-38-26-23-20-17-14-11-8-3/h72-75,80H,6-71H2,1-5H3,(H,85,86)(H,87,88)/t73-,74-,75-/m1/s1. The third kappa shape index (κ3) is 72.4. The van der Waals surface area contributed by atoms with Gasteiger partial charge in [0.05, 0.1) is 26.4 Å². The lowest BCUT2D eigenvalue weighted by Gasteiger charge is -2.21. The number of esters is 4. The van der Waals surface area contributed by atoms with Crippen LogP contribution in [0, 0.1) is 5.92 Å². The molecule has 0 aromatic rings. The molecule has 0 fully saturated rings. The zero-order valence-corrected chi connectivity index (χ0v) is 65.7. The molecule has 0 heterocycles. The van der Waals surface area contributed by atoms with Crippen molar-refractivity contribution < 1.29 is 80.2 Å². The zero-order chi connectivity index (χ0) is 71.9. The Hall–Kier alpha value is -1.94. The van der Waals surface area contributed by atoms with E-state index in [9.17, 15) is 43.2 Å². The second-order valence-electron chi connectivity index (χ2n) is 28.9. The molecule has 3 N–H and O–H groups in total. The third-order valence-corrected chi connectivity index (χ3v) is 20.4. The van der Waals surface area contributed by atoms with E-state index >= 15 is 0 Å². The van der Waals surface area contributed by atoms with Gasteiger partial charge in [-0.15, -0.1) is 0 Å². The Balaban J connectivity index is 5.23. The molecule has 0 amide bonds. The number of carbonyl (C=O) groups is 4. The first-order valence-electron chi connectivity index (χ1n) is 41.1. The van der Waals surface area contributed by atoms with E-state index in [1.165, 1.54) is 244 Å². The molecule has 582 valence electrons. The molecule has 0 aromatic heterocycles. The summed E-state index contributed by atoms with van der Waals surface area (Å²) in [6.07, 6.45) is 62.4. The summed E-state index contributed by atoms with van der Waals surface area (Å²) >= 11 is 0. The lowest BCUT2D eigenvalue weighted by atomic mass is 10.0. The number of rotatable bonds is 79. The molecule has 0 aliphatic rings. The van der Waals surface area contributed by atoms with Gasteiger partial charge in [0, 0.05) is 25.7 Å². The van der Waals surface area contributed by atoms with E-state index in [1.54, 1.807) is 0 Å². The maximum absolute atomic E-state index is 13.1. The molecule has 0 aromatic carbocycles. The highest BCUT2D eigenvalue weighted by Gasteiger charge is 2.30. The summed E-state index contributed by atoms with van der Waals surface area (Å²) in [5, 5.41) is 10.6. The molecule has 2 unspecified atom stereocenters. The summed E-state index contributed by atoms with van der Waals surface area (Å²) in [4.78, 5) is 72.9. The first-order valence-corrected chi connectivity index (χ1v) is 44.1. The van der Waals surface area contributed by atoms with Crippen LogP contribution in [0.5, 0.6) is 0 Å². The van der Waals surface area contributed by atoms with Gasteiger partial charge in [0.25, 0.3) is 0 Å². The number of hydrogen-bond acceptors (Lipinski definition) is 15. The quantitative estimate of drug-likeness (QED) is 0.0222. The Morgan fingerprint density at radius 3 is 0.694 bits per heavy atom. The van der Waals surface area contributed by atoms with Crippen LogP contribution < -0.4 is 0 Å². The molecule has 5 atom stereocenters. The molecule has 0 spiro atoms. The third-order valence-electron chi connectivity index (χ3n) is 18.5. The van der Waals surface area contributed by atoms with E-state index in [1.807, 2.05) is 0 Å². The van der Waals surface area contributed by atoms with Gasteiger partial charge >= 0.3 is 39.5 Å². The molecule has 0 rings (SSSR count). The molecule has 0 saturated carbocycles. The van der Waals surface area contributed by atoms with Crippen molar-refractivity contribution in [2.45, 2.75) is 438 Å². The van der Waals surface area contributed by atoms with Gasteiger partial charge in [-0.05, 0) is 31.6 Å². The normalized spacial score (nSPS) is 13.9. The average molecular weight is 1440 g/mol. The maximum atomic E-state index is 13.1. The monoisotopic (exact) mass is 1440 g/mol. The van der Waals surface area contributed by atoms with Gasteiger partial charge < -0.3 is 33.8 Å². The molecular formula is C79H154O17P2. The molecule has 19 heteroatoms. The van der Waals surface area contributed by atoms with Crippen LogP contribution in [-0.4, -0.2) is 96.7 Å². The lowest BCUT2D eigenvalue weighted by Crippen LogP contribution is -2.30. The largest absolute Gasteiger partial charge is 0.472 e. The molecule has 0 saturated heterocycles. The van der Waals surface area contributed by atoms with Gasteiger partial charge in [-0.25, -0.2) is 9.13 Å². The molecule has 0 radical (unpaired) electrons. The summed E-state index contributed by atoms with van der Waals surface area (Å²) in [6.45, 7) is 7.28. The summed E-state index contributed by atoms with van der Waals surface area (Å²) in [5.41, 5.74) is 0. The molecular weight excluding hydrogens is 1280 g/mol. The van der Waals surface area contributed by atoms with E-state index in [0.29, 0.717) is 25.7 Å². The van der Waals surface area contributed by atoms with E-state index in [4.69, 9.17) is 37.0 Å². The fourth-order valence-electron chi connectivity index (χ4n) is 12.2. The second kappa shape index (κ2) is 72.0. The zero-order valence-electron chi connectivity index (χ0n) is 63.9. The molecule has 98 heavy (non-hydrogen) atoms. The summed E-state index contributed by atoms with van der Waals surface area (Å²) in [6, 6.07) is 0. The fraction of sp³-hybridized carbons (Fsp3) is 0.949. The van der Waals surface area contributed by atoms with Crippen molar-refractivity contribution in [2.75, 3.05) is 39.6 Å². The Labute approximate surface area is 600 Å². The number of ether oxygens (including phenoxy) is 4. The van der Waals surface area contributed by atoms with Crippen LogP contribution in [0.2, 0.25) is 0 Å². The lowest BCUT2D eigenvalue weighted by molar-refractivity contribution is -0.161. The minimum absolute atomic E-state index is 0.107. The Bertz CT molecular complexity index is 1870. The van der Waals surface area contributed by atoms with Gasteiger partial charge in [-0.2, -0.15) is 0 Å². The number of carbonyl (C=O) groups excluding carboxylic acids is 4. The fourth-order valence-corrected chi connectivity index (χ4v) is 13.8. The van der Waals surface area contributed by atoms with Gasteiger partial charge in [0.2, 0.25) is 0 Å². The van der Waals surface area contributed by atoms with Crippen molar-refractivity contribution >= 4 is 39.5 Å². The van der Waals surface area contributed by atoms with Crippen LogP contribution in [-0.2, 0) is 65.4 Å². The molecule has 0 aliphatic carbocycles. The van der Waals surface area contributed by atoms with Crippen LogP contribution >= 0.6 is 15.6 Å². The maximum Gasteiger partial charge on any atom is 0.472 e. The predicted molar refractivity (Wildman–Crippen MR) is 400 cm³/mol. The van der Waals surface area contributed by atoms with Crippen molar-refractivity contribution in [3.63, 3.8) is 0 Å². The number of phosphoric ester groups is 2. The molecule has 0 bridgehead atoms. The minimum Gasteiger partial charge on any atom is -0.462 e. The number of aliphatic hydroxyl groups is 1. The highest BCUT2D eigenvalue weighted by molar-refractivity contribution is 7.47. The number of aliphatic hydroxyl groups excluding tert-OH is 1. The van der Waals surface area contributed by atoms with Crippen LogP contribution in [0.15, 0.2) is 0 Å². The summed E-state index contributed by atoms with van der Waals surface area (Å²) in [7, 11) is -9.91. The average Bonchev–Trinajstić information content (AvgIpc) is 1.13. The van der Waals surface area contributed by atoms with Gasteiger partial charge in [-0.3, -0.25) is 37.3 Å². The van der Waals surface area contributed by atoms with Gasteiger partial charge in [0.1, 0.15) is 19.3 Å². The molecule has 17 nitrogen and oxygen atoms in total. The van der Waals surface area contributed by atoms with Crippen molar-refractivity contribution in [3.05, 3.63) is 0 Å². The Morgan fingerprint density at radius 2 is 0.469 bits per heavy atom. The molecule has 0 aliphatic heterocycles. The Morgan fingerprint density at radius 1 is 0.276 bits per heavy atom. The van der Waals surface area contributed by atoms with E-state index in [-0.39, 0.29) is 25.7 Å². The van der Waals surface area contributed by atoms with Crippen molar-refractivity contribution in [3.8, 4) is 0 Å². The smallest absolute Gasteiger partial charge is 0.462 e. The van der Waals surface area contributed by atoms with Crippen LogP contribution in [0.3, 0.4) is 0 Å².